The molecule has 4 heterocycles. The molecule has 11 heteroatoms. The van der Waals surface area contributed by atoms with Gasteiger partial charge in [-0.15, -0.1) is 0 Å². The number of pyridine rings is 1. The van der Waals surface area contributed by atoms with E-state index in [9.17, 15) is 17.6 Å². The van der Waals surface area contributed by atoms with Crippen LogP contribution in [0.2, 0.25) is 0 Å². The molecule has 0 aliphatic carbocycles. The zero-order chi connectivity index (χ0) is 24.6. The number of anilines is 2. The molecule has 4 aromatic rings. The van der Waals surface area contributed by atoms with Crippen molar-refractivity contribution < 1.29 is 22.0 Å². The maximum atomic E-state index is 14.5. The second kappa shape index (κ2) is 9.06. The molecule has 35 heavy (non-hydrogen) atoms. The number of halogens is 1. The first-order valence-electron chi connectivity index (χ1n) is 11.0. The van der Waals surface area contributed by atoms with Crippen LogP contribution in [0.25, 0.3) is 11.1 Å². The third-order valence-corrected chi connectivity index (χ3v) is 7.22. The lowest BCUT2D eigenvalue weighted by molar-refractivity contribution is 0.0707. The van der Waals surface area contributed by atoms with E-state index >= 15 is 0 Å². The lowest BCUT2D eigenvalue weighted by Gasteiger charge is -2.31. The van der Waals surface area contributed by atoms with E-state index in [0.29, 0.717) is 29.9 Å². The van der Waals surface area contributed by atoms with Crippen molar-refractivity contribution in [2.45, 2.75) is 23.7 Å². The number of likely N-dealkylation sites (tertiary alicyclic amines) is 1. The highest BCUT2D eigenvalue weighted by atomic mass is 32.2. The van der Waals surface area contributed by atoms with Gasteiger partial charge in [0.2, 0.25) is 0 Å². The SMILES string of the molecule is CS(=O)(=O)c1ccc(Nc2ncnc3c(C4CCN(C(=O)c5ccccn5)CC4)coc23)c(F)c1. The zero-order valence-electron chi connectivity index (χ0n) is 18.8. The predicted molar refractivity (Wildman–Crippen MR) is 127 cm³/mol. The van der Waals surface area contributed by atoms with Crippen LogP contribution in [-0.4, -0.2) is 53.5 Å². The third kappa shape index (κ3) is 4.59. The van der Waals surface area contributed by atoms with Crippen LogP contribution in [0.5, 0.6) is 0 Å². The van der Waals surface area contributed by atoms with E-state index in [1.54, 1.807) is 35.6 Å². The summed E-state index contributed by atoms with van der Waals surface area (Å²) in [7, 11) is -3.52. The van der Waals surface area contributed by atoms with Crippen molar-refractivity contribution in [1.29, 1.82) is 0 Å². The van der Waals surface area contributed by atoms with Gasteiger partial charge in [-0.2, -0.15) is 0 Å². The van der Waals surface area contributed by atoms with E-state index in [-0.39, 0.29) is 28.2 Å². The van der Waals surface area contributed by atoms with Crippen molar-refractivity contribution in [2.24, 2.45) is 0 Å². The van der Waals surface area contributed by atoms with Crippen LogP contribution in [0.15, 0.2) is 64.5 Å². The number of piperidine rings is 1. The first-order chi connectivity index (χ1) is 16.8. The van der Waals surface area contributed by atoms with Gasteiger partial charge in [0.15, 0.2) is 21.2 Å². The van der Waals surface area contributed by atoms with E-state index in [1.165, 1.54) is 18.5 Å². The average Bonchev–Trinajstić information content (AvgIpc) is 3.30. The number of carbonyl (C=O) groups is 1. The van der Waals surface area contributed by atoms with Crippen LogP contribution in [0.1, 0.15) is 34.8 Å². The highest BCUT2D eigenvalue weighted by Crippen LogP contribution is 2.36. The van der Waals surface area contributed by atoms with Crippen molar-refractivity contribution in [3.05, 3.63) is 72.3 Å². The Balaban J connectivity index is 1.34. The number of carbonyl (C=O) groups excluding carboxylic acids is 1. The Labute approximate surface area is 200 Å². The van der Waals surface area contributed by atoms with Gasteiger partial charge in [-0.05, 0) is 49.1 Å². The van der Waals surface area contributed by atoms with Gasteiger partial charge in [-0.25, -0.2) is 22.8 Å². The minimum absolute atomic E-state index is 0.0664. The van der Waals surface area contributed by atoms with Crippen molar-refractivity contribution in [3.63, 3.8) is 0 Å². The summed E-state index contributed by atoms with van der Waals surface area (Å²) in [6.07, 6.45) is 7.10. The molecule has 0 bridgehead atoms. The van der Waals surface area contributed by atoms with Gasteiger partial charge in [-0.1, -0.05) is 6.07 Å². The van der Waals surface area contributed by atoms with Gasteiger partial charge in [0, 0.05) is 31.1 Å². The predicted octanol–water partition coefficient (Wildman–Crippen LogP) is 3.92. The number of benzene rings is 1. The molecule has 5 rings (SSSR count). The monoisotopic (exact) mass is 495 g/mol. The van der Waals surface area contributed by atoms with Gasteiger partial charge < -0.3 is 14.6 Å². The molecule has 0 saturated carbocycles. The highest BCUT2D eigenvalue weighted by molar-refractivity contribution is 7.90. The summed E-state index contributed by atoms with van der Waals surface area (Å²) in [5, 5.41) is 2.88. The summed E-state index contributed by atoms with van der Waals surface area (Å²) < 4.78 is 43.6. The maximum absolute atomic E-state index is 14.5. The number of furan rings is 1. The first-order valence-corrected chi connectivity index (χ1v) is 12.9. The first kappa shape index (κ1) is 22.9. The summed E-state index contributed by atoms with van der Waals surface area (Å²) >= 11 is 0. The average molecular weight is 496 g/mol. The van der Waals surface area contributed by atoms with Gasteiger partial charge in [0.1, 0.15) is 23.4 Å². The number of nitrogens with one attached hydrogen (secondary N) is 1. The van der Waals surface area contributed by atoms with Crippen LogP contribution < -0.4 is 5.32 Å². The van der Waals surface area contributed by atoms with Gasteiger partial charge in [-0.3, -0.25) is 9.78 Å². The quantitative estimate of drug-likeness (QED) is 0.443. The number of fused-ring (bicyclic) bond motifs is 1. The second-order valence-corrected chi connectivity index (χ2v) is 10.4. The van der Waals surface area contributed by atoms with E-state index < -0.39 is 15.7 Å². The number of amides is 1. The fourth-order valence-electron chi connectivity index (χ4n) is 4.25. The van der Waals surface area contributed by atoms with Gasteiger partial charge in [0.05, 0.1) is 16.8 Å². The number of hydrogen-bond donors (Lipinski definition) is 1. The summed E-state index contributed by atoms with van der Waals surface area (Å²) in [5.74, 6) is -0.400. The summed E-state index contributed by atoms with van der Waals surface area (Å²) in [4.78, 5) is 27.1. The van der Waals surface area contributed by atoms with Crippen LogP contribution in [0.4, 0.5) is 15.9 Å². The minimum Gasteiger partial charge on any atom is -0.458 e. The molecule has 1 N–H and O–H groups in total. The number of nitrogens with zero attached hydrogens (tertiary/aromatic N) is 4. The topological polar surface area (TPSA) is 118 Å². The van der Waals surface area contributed by atoms with Crippen molar-refractivity contribution in [1.82, 2.24) is 19.9 Å². The third-order valence-electron chi connectivity index (χ3n) is 6.11. The lowest BCUT2D eigenvalue weighted by Crippen LogP contribution is -2.38. The molecule has 0 radical (unpaired) electrons. The Bertz CT molecular complexity index is 1500. The molecule has 1 aliphatic rings. The molecular weight excluding hydrogens is 473 g/mol. The van der Waals surface area contributed by atoms with E-state index in [4.69, 9.17) is 4.42 Å². The van der Waals surface area contributed by atoms with E-state index in [1.807, 2.05) is 0 Å². The van der Waals surface area contributed by atoms with Gasteiger partial charge >= 0.3 is 0 Å². The molecule has 1 fully saturated rings. The molecule has 0 unspecified atom stereocenters. The number of hydrogen-bond acceptors (Lipinski definition) is 8. The van der Waals surface area contributed by atoms with Crippen molar-refractivity contribution >= 4 is 38.3 Å². The largest absolute Gasteiger partial charge is 0.458 e. The minimum atomic E-state index is -3.52. The molecule has 180 valence electrons. The summed E-state index contributed by atoms with van der Waals surface area (Å²) in [6.45, 7) is 1.17. The molecule has 0 atom stereocenters. The molecule has 1 aromatic carbocycles. The lowest BCUT2D eigenvalue weighted by atomic mass is 9.90. The Morgan fingerprint density at radius 2 is 1.94 bits per heavy atom. The maximum Gasteiger partial charge on any atom is 0.272 e. The van der Waals surface area contributed by atoms with Crippen LogP contribution in [0.3, 0.4) is 0 Å². The van der Waals surface area contributed by atoms with Crippen LogP contribution >= 0.6 is 0 Å². The van der Waals surface area contributed by atoms with Crippen molar-refractivity contribution in [2.75, 3.05) is 24.7 Å². The Kier molecular flexibility index (Phi) is 5.93. The Morgan fingerprint density at radius 3 is 2.63 bits per heavy atom. The van der Waals surface area contributed by atoms with E-state index in [2.05, 4.69) is 20.3 Å². The molecule has 3 aromatic heterocycles. The van der Waals surface area contributed by atoms with Crippen LogP contribution in [-0.2, 0) is 9.84 Å². The molecule has 1 amide bonds. The molecule has 1 aliphatic heterocycles. The summed E-state index contributed by atoms with van der Waals surface area (Å²) in [5.41, 5.74) is 2.39. The van der Waals surface area contributed by atoms with Crippen molar-refractivity contribution in [3.8, 4) is 0 Å². The Hall–Kier alpha value is -3.86. The van der Waals surface area contributed by atoms with E-state index in [0.717, 1.165) is 30.7 Å². The smallest absolute Gasteiger partial charge is 0.272 e. The summed E-state index contributed by atoms with van der Waals surface area (Å²) in [6, 6.07) is 8.91. The molecule has 9 nitrogen and oxygen atoms in total. The van der Waals surface area contributed by atoms with Gasteiger partial charge in [0.25, 0.3) is 5.91 Å². The molecule has 1 saturated heterocycles. The van der Waals surface area contributed by atoms with Crippen LogP contribution in [0, 0.1) is 5.82 Å². The zero-order valence-corrected chi connectivity index (χ0v) is 19.6. The Morgan fingerprint density at radius 1 is 1.14 bits per heavy atom. The molecule has 0 spiro atoms. The highest BCUT2D eigenvalue weighted by Gasteiger charge is 2.28. The number of aromatic nitrogens is 3. The fraction of sp³-hybridized carbons (Fsp3) is 0.250. The number of sulfone groups is 1. The fourth-order valence-corrected chi connectivity index (χ4v) is 4.88. The normalized spacial score (nSPS) is 14.9. The number of rotatable bonds is 5. The standard InChI is InChI=1S/C24H22FN5O4S/c1-35(32,33)16-5-6-19(18(25)12-16)29-23-22-21(27-14-28-23)17(13-34-22)15-7-10-30(11-8-15)24(31)20-4-2-3-9-26-20/h2-6,9,12-15H,7-8,10-11H2,1H3,(H,27,28,29). The molecular formula is C24H22FN5O4S. The second-order valence-electron chi connectivity index (χ2n) is 8.41.